The van der Waals surface area contributed by atoms with E-state index in [1.807, 2.05) is 0 Å². The maximum atomic E-state index is 12.2. The van der Waals surface area contributed by atoms with Crippen molar-refractivity contribution in [3.8, 4) is 0 Å². The van der Waals surface area contributed by atoms with Crippen molar-refractivity contribution < 1.29 is 29.1 Å². The maximum Gasteiger partial charge on any atom is 0.305 e. The lowest BCUT2D eigenvalue weighted by Gasteiger charge is -2.18. The molecule has 0 aliphatic heterocycles. The van der Waals surface area contributed by atoms with Gasteiger partial charge >= 0.3 is 5.97 Å². The van der Waals surface area contributed by atoms with Crippen LogP contribution >= 0.6 is 0 Å². The molecule has 13 heteroatoms. The van der Waals surface area contributed by atoms with E-state index >= 15 is 0 Å². The van der Waals surface area contributed by atoms with Gasteiger partial charge in [-0.3, -0.25) is 29.0 Å². The fraction of sp³-hybridized carbons (Fsp3) is 0.571. The molecule has 0 rings (SSSR count). The fourth-order valence-electron chi connectivity index (χ4n) is 1.86. The number of nitrogens with zero attached hydrogens (tertiary/aromatic N) is 1. The number of aliphatic imine (C=N–C) groups is 1. The smallest absolute Gasteiger partial charge is 0.305 e. The van der Waals surface area contributed by atoms with Gasteiger partial charge in [0.15, 0.2) is 5.96 Å². The van der Waals surface area contributed by atoms with Crippen LogP contribution in [-0.2, 0) is 24.0 Å². The van der Waals surface area contributed by atoms with Crippen molar-refractivity contribution in [3.63, 3.8) is 0 Å². The summed E-state index contributed by atoms with van der Waals surface area (Å²) in [6, 6.07) is -2.31. The van der Waals surface area contributed by atoms with Crippen LogP contribution in [0.2, 0.25) is 0 Å². The number of nitrogens with two attached hydrogens (primary N) is 3. The minimum atomic E-state index is -1.33. The first-order valence-electron chi connectivity index (χ1n) is 7.91. The van der Waals surface area contributed by atoms with E-state index in [0.29, 0.717) is 6.42 Å². The monoisotopic (exact) mass is 386 g/mol. The Morgan fingerprint density at radius 1 is 1.11 bits per heavy atom. The van der Waals surface area contributed by atoms with E-state index in [9.17, 15) is 24.0 Å². The van der Waals surface area contributed by atoms with Crippen molar-refractivity contribution in [3.05, 3.63) is 0 Å². The van der Waals surface area contributed by atoms with Crippen LogP contribution in [0.25, 0.3) is 0 Å². The normalized spacial score (nSPS) is 12.2. The Bertz CT molecular complexity index is 576. The van der Waals surface area contributed by atoms with Gasteiger partial charge in [0.1, 0.15) is 12.1 Å². The van der Waals surface area contributed by atoms with Gasteiger partial charge in [-0.25, -0.2) is 0 Å². The molecule has 1 radical (unpaired) electrons. The first kappa shape index (κ1) is 23.8. The number of guanidine groups is 1. The summed E-state index contributed by atoms with van der Waals surface area (Å²) in [7, 11) is 0. The van der Waals surface area contributed by atoms with Crippen LogP contribution < -0.4 is 33.2 Å². The van der Waals surface area contributed by atoms with Crippen LogP contribution in [0.3, 0.4) is 0 Å². The van der Waals surface area contributed by atoms with Crippen molar-refractivity contribution >= 4 is 35.9 Å². The molecule has 0 aromatic heterocycles. The average molecular weight is 386 g/mol. The van der Waals surface area contributed by atoms with E-state index in [4.69, 9.17) is 22.3 Å². The molecular formula is C14H24N7O6. The summed E-state index contributed by atoms with van der Waals surface area (Å²) in [5, 5.41) is 15.4. The second-order valence-corrected chi connectivity index (χ2v) is 5.33. The van der Waals surface area contributed by atoms with E-state index in [2.05, 4.69) is 20.9 Å². The van der Waals surface area contributed by atoms with Gasteiger partial charge in [-0.2, -0.15) is 0 Å². The minimum absolute atomic E-state index is 0.110. The third-order valence-electron chi connectivity index (χ3n) is 3.06. The highest BCUT2D eigenvalue weighted by Crippen LogP contribution is 1.99. The summed E-state index contributed by atoms with van der Waals surface area (Å²) in [5.41, 5.74) is 15.6. The molecule has 0 fully saturated rings. The number of rotatable bonds is 13. The van der Waals surface area contributed by atoms with Crippen LogP contribution in [0.4, 0.5) is 0 Å². The van der Waals surface area contributed by atoms with Crippen molar-refractivity contribution in [1.29, 1.82) is 0 Å². The Morgan fingerprint density at radius 2 is 1.78 bits per heavy atom. The Hall–Kier alpha value is -3.22. The summed E-state index contributed by atoms with van der Waals surface area (Å²) in [5.74, 6) is -3.43. The van der Waals surface area contributed by atoms with Crippen LogP contribution in [0, 0.1) is 0 Å². The summed E-state index contributed by atoms with van der Waals surface area (Å²) in [6.07, 6.45) is 1.29. The highest BCUT2D eigenvalue weighted by molar-refractivity contribution is 5.91. The van der Waals surface area contributed by atoms with E-state index in [0.717, 1.165) is 0 Å². The molecule has 27 heavy (non-hydrogen) atoms. The molecule has 0 spiro atoms. The van der Waals surface area contributed by atoms with E-state index in [1.54, 1.807) is 0 Å². The van der Waals surface area contributed by atoms with Crippen LogP contribution in [0.1, 0.15) is 19.3 Å². The maximum absolute atomic E-state index is 12.2. The van der Waals surface area contributed by atoms with Crippen molar-refractivity contribution in [2.45, 2.75) is 31.3 Å². The Labute approximate surface area is 155 Å². The minimum Gasteiger partial charge on any atom is -0.481 e. The topological polar surface area (TPSA) is 232 Å². The summed E-state index contributed by atoms with van der Waals surface area (Å²) in [4.78, 5) is 60.1. The van der Waals surface area contributed by atoms with Gasteiger partial charge in [-0.1, -0.05) is 0 Å². The number of amides is 3. The third kappa shape index (κ3) is 11.9. The van der Waals surface area contributed by atoms with Crippen molar-refractivity contribution in [1.82, 2.24) is 16.0 Å². The van der Waals surface area contributed by atoms with Crippen LogP contribution in [0.15, 0.2) is 4.99 Å². The van der Waals surface area contributed by atoms with E-state index in [1.165, 1.54) is 6.29 Å². The first-order valence-corrected chi connectivity index (χ1v) is 7.91. The number of carbonyl (C=O) groups excluding carboxylic acids is 4. The number of nitrogens with one attached hydrogen (secondary N) is 3. The predicted octanol–water partition coefficient (Wildman–Crippen LogP) is -4.33. The Balaban J connectivity index is 4.61. The summed E-state index contributed by atoms with van der Waals surface area (Å²) < 4.78 is 0. The molecule has 10 N–H and O–H groups in total. The van der Waals surface area contributed by atoms with Gasteiger partial charge in [0.05, 0.1) is 19.5 Å². The summed E-state index contributed by atoms with van der Waals surface area (Å²) in [6.45, 7) is -0.624. The Morgan fingerprint density at radius 3 is 2.30 bits per heavy atom. The zero-order valence-electron chi connectivity index (χ0n) is 14.6. The molecule has 0 aliphatic rings. The number of hydrogen-bond donors (Lipinski definition) is 7. The number of carboxylic acid groups (broad SMARTS) is 1. The number of carboxylic acids is 1. The molecule has 0 aromatic rings. The lowest BCUT2D eigenvalue weighted by molar-refractivity contribution is -0.137. The molecule has 0 saturated heterocycles. The van der Waals surface area contributed by atoms with Crippen molar-refractivity contribution in [2.24, 2.45) is 22.2 Å². The highest BCUT2D eigenvalue weighted by Gasteiger charge is 2.21. The van der Waals surface area contributed by atoms with Gasteiger partial charge in [0.25, 0.3) is 0 Å². The molecule has 151 valence electrons. The first-order chi connectivity index (χ1) is 12.7. The number of aliphatic carboxylic acids is 1. The van der Waals surface area contributed by atoms with Gasteiger partial charge in [0, 0.05) is 6.54 Å². The average Bonchev–Trinajstić information content (AvgIpc) is 2.60. The molecule has 0 bridgehead atoms. The molecule has 0 aliphatic carbocycles. The number of hydrogen-bond acceptors (Lipinski definition) is 7. The van der Waals surface area contributed by atoms with E-state index < -0.39 is 48.7 Å². The standard InChI is InChI=1S/C14H24N7O6/c15-5-10(23)21-9(2-1-3-18-14(16)17)13(27)19-6-11(24)20-8(7-22)4-12(25)26/h8-9H,1-6,15H2,(H,19,27)(H,20,24)(H,21,23)(H,25,26)(H4,16,17,18)/t8?,9-/m0/s1. The Kier molecular flexibility index (Phi) is 11.5. The second-order valence-electron chi connectivity index (χ2n) is 5.33. The third-order valence-corrected chi connectivity index (χ3v) is 3.06. The van der Waals surface area contributed by atoms with Gasteiger partial charge in [-0.15, -0.1) is 0 Å². The highest BCUT2D eigenvalue weighted by atomic mass is 16.4. The molecule has 0 aromatic carbocycles. The lowest BCUT2D eigenvalue weighted by Crippen LogP contribution is -2.51. The fourth-order valence-corrected chi connectivity index (χ4v) is 1.86. The number of carbonyl (C=O) groups is 4. The molecule has 13 nitrogen and oxygen atoms in total. The van der Waals surface area contributed by atoms with E-state index in [-0.39, 0.29) is 25.5 Å². The van der Waals surface area contributed by atoms with Gasteiger partial charge in [-0.05, 0) is 12.8 Å². The molecule has 3 amide bonds. The largest absolute Gasteiger partial charge is 0.481 e. The zero-order valence-corrected chi connectivity index (χ0v) is 14.6. The predicted molar refractivity (Wildman–Crippen MR) is 93.8 cm³/mol. The SMILES string of the molecule is NCC(=O)N[C@@H](CCCN=C(N)N)C(=O)NCC(=O)NC([C]=O)CC(=O)O. The summed E-state index contributed by atoms with van der Waals surface area (Å²) >= 11 is 0. The quantitative estimate of drug-likeness (QED) is 0.0919. The van der Waals surface area contributed by atoms with Gasteiger partial charge < -0.3 is 38.3 Å². The van der Waals surface area contributed by atoms with Gasteiger partial charge in [0.2, 0.25) is 24.0 Å². The lowest BCUT2D eigenvalue weighted by atomic mass is 10.1. The molecule has 0 saturated carbocycles. The molecule has 2 atom stereocenters. The molecule has 0 heterocycles. The zero-order chi connectivity index (χ0) is 20.8. The second kappa shape index (κ2) is 13.0. The van der Waals surface area contributed by atoms with Crippen LogP contribution in [-0.4, -0.2) is 72.8 Å². The molecule has 1 unspecified atom stereocenters. The van der Waals surface area contributed by atoms with Crippen molar-refractivity contribution in [2.75, 3.05) is 19.6 Å². The molecular weight excluding hydrogens is 362 g/mol. The van der Waals surface area contributed by atoms with Crippen LogP contribution in [0.5, 0.6) is 0 Å².